The summed E-state index contributed by atoms with van der Waals surface area (Å²) in [5.41, 5.74) is 8.74. The molecule has 208 valence electrons. The number of amides is 2. The number of hydrazine groups is 1. The van der Waals surface area contributed by atoms with Gasteiger partial charge in [-0.15, -0.1) is 0 Å². The van der Waals surface area contributed by atoms with Crippen molar-refractivity contribution in [3.8, 4) is 17.6 Å². The first-order valence-electron chi connectivity index (χ1n) is 12.9. The van der Waals surface area contributed by atoms with Crippen LogP contribution in [0, 0.1) is 11.8 Å². The maximum absolute atomic E-state index is 12.0. The zero-order valence-electron chi connectivity index (χ0n) is 22.0. The number of piperazine rings is 1. The molecule has 5 N–H and O–H groups in total. The van der Waals surface area contributed by atoms with Crippen molar-refractivity contribution in [2.45, 2.75) is 6.04 Å². The number of hydrogen-bond acceptors (Lipinski definition) is 6. The van der Waals surface area contributed by atoms with Crippen LogP contribution in [0.1, 0.15) is 33.1 Å². The molecular weight excluding hydrogens is 530 g/mol. The van der Waals surface area contributed by atoms with Crippen molar-refractivity contribution in [1.82, 2.24) is 14.8 Å². The monoisotopic (exact) mass is 561 g/mol. The third-order valence-corrected chi connectivity index (χ3v) is 6.96. The molecule has 0 saturated carbocycles. The van der Waals surface area contributed by atoms with Gasteiger partial charge < -0.3 is 15.6 Å². The van der Waals surface area contributed by atoms with Crippen LogP contribution < -0.4 is 16.3 Å². The number of carbonyl (C=O) groups excluding carboxylic acids is 1. The minimum atomic E-state index is -1.28. The molecule has 0 spiro atoms. The molecule has 1 heterocycles. The molecule has 9 nitrogen and oxygen atoms in total. The first kappa shape index (κ1) is 28.9. The largest absolute Gasteiger partial charge is 0.491 e. The van der Waals surface area contributed by atoms with Gasteiger partial charge in [0, 0.05) is 43.3 Å². The van der Waals surface area contributed by atoms with E-state index < -0.39 is 12.0 Å². The second-order valence-electron chi connectivity index (χ2n) is 9.38. The van der Waals surface area contributed by atoms with Gasteiger partial charge in [0.25, 0.3) is 5.91 Å². The number of ether oxygens (including phenoxy) is 1. The Morgan fingerprint density at radius 1 is 1.00 bits per heavy atom. The summed E-state index contributed by atoms with van der Waals surface area (Å²) in [5.74, 6) is 10.5. The summed E-state index contributed by atoms with van der Waals surface area (Å²) in [6.45, 7) is 4.47. The lowest BCUT2D eigenvalue weighted by molar-refractivity contribution is 0.0957. The molecule has 1 atom stereocenters. The van der Waals surface area contributed by atoms with Crippen LogP contribution in [0.15, 0.2) is 72.8 Å². The van der Waals surface area contributed by atoms with Crippen LogP contribution in [0.4, 0.5) is 4.79 Å². The van der Waals surface area contributed by atoms with Crippen molar-refractivity contribution < 1.29 is 19.4 Å². The Balaban J connectivity index is 1.33. The standard InChI is InChI=1S/C30H32ClN5O4/c31-25-11-9-24(10-12-25)28(23-6-2-1-3-7-23)35-17-15-34(16-18-35)19-20-40-27-13-8-22(21-26(27)29(32)37)5-4-14-36(33)30(38)39/h1-3,6-13,21,28H,14-20,33H2,(H2,32,37)(H,38,39)/t28-/m1/s1. The van der Waals surface area contributed by atoms with E-state index in [1.807, 2.05) is 18.2 Å². The number of rotatable bonds is 9. The van der Waals surface area contributed by atoms with Crippen molar-refractivity contribution in [1.29, 1.82) is 0 Å². The molecule has 1 aliphatic rings. The third kappa shape index (κ3) is 7.74. The van der Waals surface area contributed by atoms with Crippen LogP contribution in [0.2, 0.25) is 5.02 Å². The van der Waals surface area contributed by atoms with Crippen LogP contribution in [-0.4, -0.2) is 77.8 Å². The molecular formula is C30H32ClN5O4. The van der Waals surface area contributed by atoms with E-state index in [0.717, 1.165) is 31.2 Å². The van der Waals surface area contributed by atoms with E-state index in [-0.39, 0.29) is 18.2 Å². The van der Waals surface area contributed by atoms with E-state index in [1.165, 1.54) is 17.2 Å². The molecule has 1 fully saturated rings. The minimum absolute atomic E-state index is 0.147. The van der Waals surface area contributed by atoms with Gasteiger partial charge in [-0.1, -0.05) is 65.9 Å². The predicted molar refractivity (Wildman–Crippen MR) is 154 cm³/mol. The summed E-state index contributed by atoms with van der Waals surface area (Å²) < 4.78 is 5.93. The van der Waals surface area contributed by atoms with Gasteiger partial charge in [0.15, 0.2) is 0 Å². The summed E-state index contributed by atoms with van der Waals surface area (Å²) in [6.07, 6.45) is -1.28. The molecule has 0 aromatic heterocycles. The van der Waals surface area contributed by atoms with E-state index in [1.54, 1.807) is 12.1 Å². The van der Waals surface area contributed by atoms with E-state index >= 15 is 0 Å². The second-order valence-corrected chi connectivity index (χ2v) is 9.81. The maximum atomic E-state index is 12.0. The fourth-order valence-electron chi connectivity index (χ4n) is 4.64. The molecule has 0 unspecified atom stereocenters. The summed E-state index contributed by atoms with van der Waals surface area (Å²) >= 11 is 6.15. The molecule has 0 radical (unpaired) electrons. The fraction of sp³-hybridized carbons (Fsp3) is 0.267. The number of carbonyl (C=O) groups is 2. The molecule has 1 aliphatic heterocycles. The highest BCUT2D eigenvalue weighted by molar-refractivity contribution is 6.30. The maximum Gasteiger partial charge on any atom is 0.422 e. The second kappa shape index (κ2) is 13.8. The lowest BCUT2D eigenvalue weighted by atomic mass is 9.96. The SMILES string of the molecule is NC(=O)c1cc(C#CCN(N)C(=O)O)ccc1OCCN1CCN([C@H](c2ccccc2)c2ccc(Cl)cc2)CC1. The number of nitrogens with two attached hydrogens (primary N) is 2. The summed E-state index contributed by atoms with van der Waals surface area (Å²) in [7, 11) is 0. The van der Waals surface area contributed by atoms with Crippen molar-refractivity contribution in [3.05, 3.63) is 100 Å². The molecule has 1 saturated heterocycles. The van der Waals surface area contributed by atoms with Gasteiger partial charge in [-0.25, -0.2) is 15.6 Å². The van der Waals surface area contributed by atoms with E-state index in [4.69, 9.17) is 33.0 Å². The average molecular weight is 562 g/mol. The van der Waals surface area contributed by atoms with Crippen LogP contribution in [0.3, 0.4) is 0 Å². The number of nitrogens with zero attached hydrogens (tertiary/aromatic N) is 3. The number of primary amides is 1. The minimum Gasteiger partial charge on any atom is -0.491 e. The summed E-state index contributed by atoms with van der Waals surface area (Å²) in [5, 5.41) is 10.1. The molecule has 0 bridgehead atoms. The first-order chi connectivity index (χ1) is 19.3. The Kier molecular flexibility index (Phi) is 10.00. The molecule has 2 amide bonds. The zero-order valence-corrected chi connectivity index (χ0v) is 22.8. The number of carboxylic acid groups (broad SMARTS) is 1. The molecule has 10 heteroatoms. The van der Waals surface area contributed by atoms with Crippen molar-refractivity contribution in [2.24, 2.45) is 11.6 Å². The molecule has 3 aromatic carbocycles. The van der Waals surface area contributed by atoms with Crippen LogP contribution in [-0.2, 0) is 0 Å². The van der Waals surface area contributed by atoms with Gasteiger partial charge in [-0.05, 0) is 41.5 Å². The predicted octanol–water partition coefficient (Wildman–Crippen LogP) is 3.43. The number of benzene rings is 3. The van der Waals surface area contributed by atoms with Gasteiger partial charge in [0.1, 0.15) is 18.9 Å². The molecule has 3 aromatic rings. The Bertz CT molecular complexity index is 1370. The summed E-state index contributed by atoms with van der Waals surface area (Å²) in [4.78, 5) is 27.6. The topological polar surface area (TPSA) is 125 Å². The molecule has 0 aliphatic carbocycles. The molecule has 4 rings (SSSR count). The lowest BCUT2D eigenvalue weighted by Crippen LogP contribution is -2.48. The highest BCUT2D eigenvalue weighted by Gasteiger charge is 2.26. The van der Waals surface area contributed by atoms with E-state index in [9.17, 15) is 9.59 Å². The summed E-state index contributed by atoms with van der Waals surface area (Å²) in [6, 6.07) is 23.6. The van der Waals surface area contributed by atoms with Crippen molar-refractivity contribution in [3.63, 3.8) is 0 Å². The van der Waals surface area contributed by atoms with Gasteiger partial charge in [0.05, 0.1) is 11.6 Å². The zero-order chi connectivity index (χ0) is 28.5. The van der Waals surface area contributed by atoms with Gasteiger partial charge in [-0.3, -0.25) is 14.6 Å². The highest BCUT2D eigenvalue weighted by Crippen LogP contribution is 2.30. The number of hydrogen-bond donors (Lipinski definition) is 3. The fourth-order valence-corrected chi connectivity index (χ4v) is 4.77. The van der Waals surface area contributed by atoms with E-state index in [2.05, 4.69) is 58.0 Å². The average Bonchev–Trinajstić information content (AvgIpc) is 2.96. The van der Waals surface area contributed by atoms with Crippen LogP contribution in [0.25, 0.3) is 0 Å². The Morgan fingerprint density at radius 2 is 1.68 bits per heavy atom. The smallest absolute Gasteiger partial charge is 0.422 e. The van der Waals surface area contributed by atoms with Gasteiger partial charge in [0.2, 0.25) is 0 Å². The highest BCUT2D eigenvalue weighted by atomic mass is 35.5. The number of halogens is 1. The van der Waals surface area contributed by atoms with Gasteiger partial charge >= 0.3 is 6.09 Å². The van der Waals surface area contributed by atoms with Crippen molar-refractivity contribution in [2.75, 3.05) is 45.9 Å². The van der Waals surface area contributed by atoms with Crippen LogP contribution in [0.5, 0.6) is 5.75 Å². The first-order valence-corrected chi connectivity index (χ1v) is 13.3. The quantitative estimate of drug-likeness (QED) is 0.158. The lowest BCUT2D eigenvalue weighted by Gasteiger charge is -2.39. The van der Waals surface area contributed by atoms with E-state index in [0.29, 0.717) is 29.5 Å². The van der Waals surface area contributed by atoms with Gasteiger partial charge in [-0.2, -0.15) is 0 Å². The Hall–Kier alpha value is -4.07. The third-order valence-electron chi connectivity index (χ3n) is 6.71. The molecule has 40 heavy (non-hydrogen) atoms. The normalized spacial score (nSPS) is 14.6. The van der Waals surface area contributed by atoms with Crippen LogP contribution >= 0.6 is 11.6 Å². The van der Waals surface area contributed by atoms with Crippen molar-refractivity contribution >= 4 is 23.6 Å². The Labute approximate surface area is 238 Å². The Morgan fingerprint density at radius 3 is 2.33 bits per heavy atom.